The fraction of sp³-hybridized carbons (Fsp3) is 0.500. The number of nitrogens with zero attached hydrogens (tertiary/aromatic N) is 1. The lowest BCUT2D eigenvalue weighted by atomic mass is 9.55. The first-order chi connectivity index (χ1) is 12.4. The van der Waals surface area contributed by atoms with Crippen LogP contribution in [0.25, 0.3) is 11.1 Å². The van der Waals surface area contributed by atoms with Crippen LogP contribution in [0.1, 0.15) is 46.0 Å². The molecule has 1 unspecified atom stereocenters. The summed E-state index contributed by atoms with van der Waals surface area (Å²) in [6.07, 6.45) is 1.86. The normalized spacial score (nSPS) is 12.6. The van der Waals surface area contributed by atoms with E-state index in [9.17, 15) is 4.79 Å². The van der Waals surface area contributed by atoms with Gasteiger partial charge in [-0.2, -0.15) is 0 Å². The summed E-state index contributed by atoms with van der Waals surface area (Å²) in [7, 11) is 2.34. The minimum absolute atomic E-state index is 0.0150. The Morgan fingerprint density at radius 3 is 2.27 bits per heavy atom. The van der Waals surface area contributed by atoms with Crippen molar-refractivity contribution < 1.29 is 4.74 Å². The summed E-state index contributed by atoms with van der Waals surface area (Å²) < 4.78 is 7.28. The summed E-state index contributed by atoms with van der Waals surface area (Å²) in [5.41, 5.74) is 3.35. The molecule has 1 atom stereocenters. The number of aromatic nitrogens is 1. The van der Waals surface area contributed by atoms with Gasteiger partial charge >= 0.3 is 0 Å². The van der Waals surface area contributed by atoms with Crippen LogP contribution in [0.15, 0.2) is 47.4 Å². The van der Waals surface area contributed by atoms with Crippen molar-refractivity contribution in [3.05, 3.63) is 58.5 Å². The van der Waals surface area contributed by atoms with Gasteiger partial charge in [-0.05, 0) is 28.9 Å². The lowest BCUT2D eigenvalue weighted by molar-refractivity contribution is 0.102. The van der Waals surface area contributed by atoms with Crippen molar-refractivity contribution in [3.8, 4) is 11.1 Å². The second-order valence-corrected chi connectivity index (χ2v) is 7.76. The van der Waals surface area contributed by atoms with E-state index < -0.39 is 0 Å². The fourth-order valence-corrected chi connectivity index (χ4v) is 3.02. The average Bonchev–Trinajstić information content (AvgIpc) is 2.59. The second kappa shape index (κ2) is 9.77. The van der Waals surface area contributed by atoms with Gasteiger partial charge < -0.3 is 9.30 Å². The minimum Gasteiger partial charge on any atom is -0.379 e. The Balaban J connectivity index is 2.03. The van der Waals surface area contributed by atoms with Crippen LogP contribution in [0.5, 0.6) is 0 Å². The highest BCUT2D eigenvalue weighted by Crippen LogP contribution is 2.23. The standard InChI is InChI=1S/C22H31BNO2/c1-16(2)15-26-13-12-24-11-10-21(14-22(24)25)20-8-6-19(7-9-20)18(5)23-17(3)4/h6-11,14,16-18H,12-13,15H2,1-5H3. The molecule has 4 heteroatoms. The first-order valence-corrected chi connectivity index (χ1v) is 9.60. The second-order valence-electron chi connectivity index (χ2n) is 7.76. The van der Waals surface area contributed by atoms with Crippen molar-refractivity contribution in [1.82, 2.24) is 4.57 Å². The summed E-state index contributed by atoms with van der Waals surface area (Å²) in [6.45, 7) is 12.7. The van der Waals surface area contributed by atoms with Crippen molar-refractivity contribution in [2.45, 2.75) is 52.8 Å². The van der Waals surface area contributed by atoms with Crippen LogP contribution < -0.4 is 5.56 Å². The minimum atomic E-state index is 0.0150. The lowest BCUT2D eigenvalue weighted by Gasteiger charge is -2.14. The molecule has 1 radical (unpaired) electrons. The topological polar surface area (TPSA) is 31.2 Å². The van der Waals surface area contributed by atoms with E-state index in [2.05, 4.69) is 66.2 Å². The van der Waals surface area contributed by atoms with Gasteiger partial charge in [0.1, 0.15) is 7.28 Å². The summed E-state index contributed by atoms with van der Waals surface area (Å²) in [6, 6.07) is 12.2. The Labute approximate surface area is 158 Å². The Bertz CT molecular complexity index is 735. The van der Waals surface area contributed by atoms with Crippen LogP contribution in [0.3, 0.4) is 0 Å². The van der Waals surface area contributed by atoms with E-state index in [1.54, 1.807) is 10.6 Å². The smallest absolute Gasteiger partial charge is 0.251 e. The third-order valence-electron chi connectivity index (χ3n) is 4.37. The Morgan fingerprint density at radius 2 is 1.69 bits per heavy atom. The summed E-state index contributed by atoms with van der Waals surface area (Å²) in [4.78, 5) is 12.3. The monoisotopic (exact) mass is 352 g/mol. The van der Waals surface area contributed by atoms with Crippen molar-refractivity contribution in [2.24, 2.45) is 5.92 Å². The molecule has 26 heavy (non-hydrogen) atoms. The molecular formula is C22H31BNO2. The molecule has 0 saturated carbocycles. The van der Waals surface area contributed by atoms with Gasteiger partial charge in [0.25, 0.3) is 5.56 Å². The number of hydrogen-bond donors (Lipinski definition) is 0. The third kappa shape index (κ3) is 6.17. The molecule has 1 aromatic heterocycles. The highest BCUT2D eigenvalue weighted by Gasteiger charge is 2.10. The highest BCUT2D eigenvalue weighted by atomic mass is 16.5. The van der Waals surface area contributed by atoms with Gasteiger partial charge in [-0.25, -0.2) is 0 Å². The van der Waals surface area contributed by atoms with Crippen molar-refractivity contribution >= 4 is 7.28 Å². The van der Waals surface area contributed by atoms with Gasteiger partial charge in [0.15, 0.2) is 0 Å². The number of ether oxygens (including phenoxy) is 1. The molecule has 0 amide bonds. The van der Waals surface area contributed by atoms with Crippen molar-refractivity contribution in [3.63, 3.8) is 0 Å². The maximum atomic E-state index is 12.3. The SMILES string of the molecule is CC(C)[B]C(C)c1ccc(-c2ccn(CCOCC(C)C)c(=O)c2)cc1. The van der Waals surface area contributed by atoms with Crippen LogP contribution >= 0.6 is 0 Å². The zero-order valence-corrected chi connectivity index (χ0v) is 16.7. The first kappa shape index (κ1) is 20.5. The van der Waals surface area contributed by atoms with Gasteiger partial charge in [-0.3, -0.25) is 4.79 Å². The molecule has 0 aliphatic heterocycles. The molecular weight excluding hydrogens is 321 g/mol. The van der Waals surface area contributed by atoms with E-state index in [4.69, 9.17) is 4.74 Å². The predicted molar refractivity (Wildman–Crippen MR) is 111 cm³/mol. The maximum absolute atomic E-state index is 12.3. The Kier molecular flexibility index (Phi) is 7.71. The average molecular weight is 352 g/mol. The Hall–Kier alpha value is -1.81. The molecule has 0 saturated heterocycles. The van der Waals surface area contributed by atoms with Gasteiger partial charge in [0.05, 0.1) is 6.61 Å². The summed E-state index contributed by atoms with van der Waals surface area (Å²) in [5, 5.41) is 0. The summed E-state index contributed by atoms with van der Waals surface area (Å²) >= 11 is 0. The number of pyridine rings is 1. The van der Waals surface area contributed by atoms with Gasteiger partial charge in [-0.15, -0.1) is 0 Å². The van der Waals surface area contributed by atoms with E-state index in [0.29, 0.717) is 30.7 Å². The van der Waals surface area contributed by atoms with E-state index in [1.165, 1.54) is 5.56 Å². The molecule has 2 rings (SSSR count). The van der Waals surface area contributed by atoms with Crippen molar-refractivity contribution in [1.29, 1.82) is 0 Å². The zero-order chi connectivity index (χ0) is 19.1. The maximum Gasteiger partial charge on any atom is 0.251 e. The van der Waals surface area contributed by atoms with Gasteiger partial charge in [0, 0.05) is 25.4 Å². The molecule has 0 spiro atoms. The number of hydrogen-bond acceptors (Lipinski definition) is 2. The molecule has 139 valence electrons. The van der Waals surface area contributed by atoms with E-state index in [0.717, 1.165) is 17.7 Å². The number of rotatable bonds is 9. The zero-order valence-electron chi connectivity index (χ0n) is 16.7. The Morgan fingerprint density at radius 1 is 1.00 bits per heavy atom. The highest BCUT2D eigenvalue weighted by molar-refractivity contribution is 6.39. The molecule has 3 nitrogen and oxygen atoms in total. The largest absolute Gasteiger partial charge is 0.379 e. The molecule has 1 heterocycles. The van der Waals surface area contributed by atoms with Crippen LogP contribution in [0, 0.1) is 5.92 Å². The van der Waals surface area contributed by atoms with Crippen molar-refractivity contribution in [2.75, 3.05) is 13.2 Å². The summed E-state index contributed by atoms with van der Waals surface area (Å²) in [5.74, 6) is 1.52. The number of benzene rings is 1. The molecule has 0 fully saturated rings. The molecule has 1 aromatic carbocycles. The molecule has 0 aliphatic carbocycles. The third-order valence-corrected chi connectivity index (χ3v) is 4.37. The van der Waals surface area contributed by atoms with E-state index >= 15 is 0 Å². The van der Waals surface area contributed by atoms with Crippen LogP contribution in [0.2, 0.25) is 5.82 Å². The first-order valence-electron chi connectivity index (χ1n) is 9.60. The van der Waals surface area contributed by atoms with Gasteiger partial charge in [0.2, 0.25) is 0 Å². The fourth-order valence-electron chi connectivity index (χ4n) is 3.02. The predicted octanol–water partition coefficient (Wildman–Crippen LogP) is 4.78. The van der Waals surface area contributed by atoms with Crippen LogP contribution in [-0.2, 0) is 11.3 Å². The van der Waals surface area contributed by atoms with E-state index in [1.807, 2.05) is 12.3 Å². The molecule has 0 bridgehead atoms. The van der Waals surface area contributed by atoms with Crippen LogP contribution in [0.4, 0.5) is 0 Å². The van der Waals surface area contributed by atoms with Crippen LogP contribution in [-0.4, -0.2) is 25.1 Å². The quantitative estimate of drug-likeness (QED) is 0.480. The molecule has 2 aromatic rings. The van der Waals surface area contributed by atoms with E-state index in [-0.39, 0.29) is 5.56 Å². The lowest BCUT2D eigenvalue weighted by Crippen LogP contribution is -2.21. The molecule has 0 aliphatic rings. The van der Waals surface area contributed by atoms with Gasteiger partial charge in [-0.1, -0.05) is 70.3 Å². The molecule has 0 N–H and O–H groups in total.